The number of ether oxygens (including phenoxy) is 3. The summed E-state index contributed by atoms with van der Waals surface area (Å²) in [6.45, 7) is -1.24. The number of carboxylic acids is 1. The average Bonchev–Trinajstić information content (AvgIpc) is 3.35. The van der Waals surface area contributed by atoms with Gasteiger partial charge in [-0.05, 0) is 96.1 Å². The Kier molecular flexibility index (Phi) is 15.7. The van der Waals surface area contributed by atoms with E-state index in [0.717, 1.165) is 10.1 Å². The monoisotopic (exact) mass is 972 g/mol. The molecular formula is C47H38Cl2N10O10. The van der Waals surface area contributed by atoms with Gasteiger partial charge in [-0.2, -0.15) is 9.97 Å². The van der Waals surface area contributed by atoms with Gasteiger partial charge in [0, 0.05) is 45.9 Å². The SMILES string of the molecule is COC(=O)Cn1c(=O)nc(Nc2ccc(Oc3ccccn3)cc2)n(Cc2ccc(Cl)cc2)c1=O.O=C(O)Cn1c(=O)nc(Nc2ccc(Oc3ccccn3)cc2)n(Cc2ccc(Cl)cc2)c1=O. The van der Waals surface area contributed by atoms with E-state index < -0.39 is 47.8 Å². The summed E-state index contributed by atoms with van der Waals surface area (Å²) in [4.78, 5) is 90.1. The number of carbonyl (C=O) groups is 2. The largest absolute Gasteiger partial charge is 0.480 e. The van der Waals surface area contributed by atoms with E-state index in [1.807, 2.05) is 6.07 Å². The molecule has 350 valence electrons. The van der Waals surface area contributed by atoms with Gasteiger partial charge >= 0.3 is 34.7 Å². The minimum absolute atomic E-state index is 0.00876. The number of hydrogen-bond donors (Lipinski definition) is 3. The predicted octanol–water partition coefficient (Wildman–Crippen LogP) is 6.33. The molecule has 3 N–H and O–H groups in total. The summed E-state index contributed by atoms with van der Waals surface area (Å²) in [6.07, 6.45) is 3.24. The van der Waals surface area contributed by atoms with Gasteiger partial charge in [-0.25, -0.2) is 38.3 Å². The van der Waals surface area contributed by atoms with Crippen molar-refractivity contribution < 1.29 is 28.9 Å². The van der Waals surface area contributed by atoms with Crippen LogP contribution in [0.3, 0.4) is 0 Å². The van der Waals surface area contributed by atoms with Crippen molar-refractivity contribution in [2.75, 3.05) is 17.7 Å². The summed E-state index contributed by atoms with van der Waals surface area (Å²) >= 11 is 11.9. The maximum Gasteiger partial charge on any atom is 0.355 e. The zero-order valence-corrected chi connectivity index (χ0v) is 37.7. The number of esters is 1. The maximum absolute atomic E-state index is 13.2. The van der Waals surface area contributed by atoms with Gasteiger partial charge in [0.05, 0.1) is 20.2 Å². The number of hydrogen-bond acceptors (Lipinski definition) is 15. The number of rotatable bonds is 16. The smallest absolute Gasteiger partial charge is 0.355 e. The number of carbonyl (C=O) groups excluding carboxylic acids is 1. The zero-order valence-electron chi connectivity index (χ0n) is 36.1. The first kappa shape index (κ1) is 48.1. The predicted molar refractivity (Wildman–Crippen MR) is 254 cm³/mol. The number of nitrogens with one attached hydrogen (secondary N) is 2. The first-order valence-electron chi connectivity index (χ1n) is 20.4. The van der Waals surface area contributed by atoms with Gasteiger partial charge in [-0.1, -0.05) is 59.6 Å². The fraction of sp³-hybridized carbons (Fsp3) is 0.106. The van der Waals surface area contributed by atoms with Crippen LogP contribution in [0.2, 0.25) is 10.0 Å². The Morgan fingerprint density at radius 2 is 0.957 bits per heavy atom. The van der Waals surface area contributed by atoms with Crippen LogP contribution in [0.5, 0.6) is 23.3 Å². The molecule has 22 heteroatoms. The molecule has 0 spiro atoms. The molecule has 0 saturated heterocycles. The van der Waals surface area contributed by atoms with E-state index >= 15 is 0 Å². The Bertz CT molecular complexity index is 3300. The van der Waals surface area contributed by atoms with E-state index in [2.05, 4.69) is 35.3 Å². The highest BCUT2D eigenvalue weighted by Crippen LogP contribution is 2.24. The zero-order chi connectivity index (χ0) is 48.9. The van der Waals surface area contributed by atoms with Crippen molar-refractivity contribution in [2.24, 2.45) is 0 Å². The molecule has 0 radical (unpaired) electrons. The number of aliphatic carboxylic acids is 1. The van der Waals surface area contributed by atoms with Crippen molar-refractivity contribution in [3.8, 4) is 23.3 Å². The van der Waals surface area contributed by atoms with Crippen LogP contribution in [0.4, 0.5) is 23.3 Å². The number of pyridine rings is 2. The summed E-state index contributed by atoms with van der Waals surface area (Å²) in [5.41, 5.74) is -0.860. The van der Waals surface area contributed by atoms with Gasteiger partial charge in [0.1, 0.15) is 24.6 Å². The van der Waals surface area contributed by atoms with Crippen LogP contribution >= 0.6 is 23.2 Å². The molecule has 4 heterocycles. The number of carboxylic acid groups (broad SMARTS) is 1. The van der Waals surface area contributed by atoms with Gasteiger partial charge in [0.15, 0.2) is 0 Å². The van der Waals surface area contributed by atoms with E-state index in [4.69, 9.17) is 37.8 Å². The molecule has 0 atom stereocenters. The standard InChI is InChI=1S/C24H20ClN5O5.C23H18ClN5O5/c1-34-21(31)15-30-23(32)28-22(29(24(30)33)14-16-5-7-17(25)8-6-16)27-18-9-11-19(12-10-18)35-20-4-2-3-13-26-20;24-16-6-4-15(5-7-16)13-28-21(27-22(32)29(23(28)33)14-20(30)31)26-17-8-10-18(11-9-17)34-19-3-1-2-12-25-19/h2-13H,14-15H2,1H3,(H,27,28,32);1-12H,13-14H2,(H,30,31)(H,26,27,32). The van der Waals surface area contributed by atoms with Crippen molar-refractivity contribution in [1.29, 1.82) is 0 Å². The first-order chi connectivity index (χ1) is 33.3. The molecule has 0 aliphatic carbocycles. The summed E-state index contributed by atoms with van der Waals surface area (Å²) in [5, 5.41) is 16.1. The molecule has 8 rings (SSSR count). The molecule has 8 aromatic rings. The number of aromatic nitrogens is 8. The quantitative estimate of drug-likeness (QED) is 0.0895. The van der Waals surface area contributed by atoms with Crippen molar-refractivity contribution in [1.82, 2.24) is 38.2 Å². The lowest BCUT2D eigenvalue weighted by molar-refractivity contribution is -0.141. The Hall–Kier alpha value is -8.88. The summed E-state index contributed by atoms with van der Waals surface area (Å²) in [6, 6.07) is 37.8. The molecule has 4 aromatic heterocycles. The lowest BCUT2D eigenvalue weighted by atomic mass is 10.2. The second kappa shape index (κ2) is 22.5. The fourth-order valence-electron chi connectivity index (χ4n) is 6.21. The molecule has 0 saturated carbocycles. The van der Waals surface area contributed by atoms with Gasteiger partial charge in [0.2, 0.25) is 23.7 Å². The van der Waals surface area contributed by atoms with Crippen LogP contribution in [0.15, 0.2) is 165 Å². The van der Waals surface area contributed by atoms with Crippen molar-refractivity contribution in [3.63, 3.8) is 0 Å². The topological polar surface area (TPSA) is 246 Å². The van der Waals surface area contributed by atoms with Crippen LogP contribution in [-0.2, 0) is 40.5 Å². The molecule has 4 aromatic carbocycles. The summed E-state index contributed by atoms with van der Waals surface area (Å²) in [5.74, 6) is -0.137. The van der Waals surface area contributed by atoms with Crippen molar-refractivity contribution in [3.05, 3.63) is 209 Å². The highest BCUT2D eigenvalue weighted by Gasteiger charge is 2.18. The van der Waals surface area contributed by atoms with Crippen LogP contribution in [-0.4, -0.2) is 62.4 Å². The minimum Gasteiger partial charge on any atom is -0.480 e. The molecule has 0 aliphatic heterocycles. The lowest BCUT2D eigenvalue weighted by Crippen LogP contribution is -2.44. The van der Waals surface area contributed by atoms with Crippen LogP contribution in [0.25, 0.3) is 0 Å². The summed E-state index contributed by atoms with van der Waals surface area (Å²) in [7, 11) is 1.17. The Morgan fingerprint density at radius 1 is 0.551 bits per heavy atom. The number of methoxy groups -OCH3 is 1. The minimum atomic E-state index is -1.33. The maximum atomic E-state index is 13.2. The van der Waals surface area contributed by atoms with Crippen molar-refractivity contribution >= 4 is 58.4 Å². The second-order valence-electron chi connectivity index (χ2n) is 14.4. The van der Waals surface area contributed by atoms with Gasteiger partial charge < -0.3 is 30.0 Å². The van der Waals surface area contributed by atoms with Crippen LogP contribution < -0.4 is 42.9 Å². The molecule has 20 nitrogen and oxygen atoms in total. The van der Waals surface area contributed by atoms with Gasteiger partial charge in [-0.3, -0.25) is 18.7 Å². The number of halogens is 2. The molecular weight excluding hydrogens is 935 g/mol. The van der Waals surface area contributed by atoms with Gasteiger partial charge in [0.25, 0.3) is 0 Å². The van der Waals surface area contributed by atoms with E-state index in [1.165, 1.54) is 16.2 Å². The van der Waals surface area contributed by atoms with E-state index in [0.29, 0.717) is 54.8 Å². The van der Waals surface area contributed by atoms with Gasteiger partial charge in [-0.15, -0.1) is 0 Å². The highest BCUT2D eigenvalue weighted by atomic mass is 35.5. The first-order valence-corrected chi connectivity index (χ1v) is 21.2. The Morgan fingerprint density at radius 3 is 1.32 bits per heavy atom. The van der Waals surface area contributed by atoms with E-state index in [1.54, 1.807) is 140 Å². The third-order valence-corrected chi connectivity index (χ3v) is 10.1. The third kappa shape index (κ3) is 13.1. The molecule has 0 aliphatic rings. The number of nitrogens with zero attached hydrogens (tertiary/aromatic N) is 8. The van der Waals surface area contributed by atoms with Crippen LogP contribution in [0.1, 0.15) is 11.1 Å². The highest BCUT2D eigenvalue weighted by molar-refractivity contribution is 6.30. The lowest BCUT2D eigenvalue weighted by Gasteiger charge is -2.15. The summed E-state index contributed by atoms with van der Waals surface area (Å²) < 4.78 is 19.7. The molecule has 69 heavy (non-hydrogen) atoms. The average molecular weight is 974 g/mol. The number of anilines is 4. The third-order valence-electron chi connectivity index (χ3n) is 9.56. The Labute approximate surface area is 400 Å². The molecule has 0 unspecified atom stereocenters. The fourth-order valence-corrected chi connectivity index (χ4v) is 6.46. The molecule has 0 fully saturated rings. The number of benzene rings is 4. The normalized spacial score (nSPS) is 10.6. The van der Waals surface area contributed by atoms with Crippen LogP contribution in [0, 0.1) is 0 Å². The van der Waals surface area contributed by atoms with E-state index in [9.17, 15) is 28.8 Å². The Balaban J connectivity index is 0.000000204. The second-order valence-corrected chi connectivity index (χ2v) is 15.3. The molecule has 0 amide bonds. The molecule has 0 bridgehead atoms. The van der Waals surface area contributed by atoms with Crippen molar-refractivity contribution in [2.45, 2.75) is 26.2 Å². The van der Waals surface area contributed by atoms with E-state index in [-0.39, 0.29) is 25.0 Å².